The molecule has 24 heavy (non-hydrogen) atoms. The van der Waals surface area contributed by atoms with Crippen molar-refractivity contribution in [1.29, 1.82) is 0 Å². The number of halogens is 1. The topological polar surface area (TPSA) is 97.7 Å². The molecule has 4 bridgehead atoms. The van der Waals surface area contributed by atoms with Crippen molar-refractivity contribution in [2.24, 2.45) is 0 Å². The Bertz CT molecular complexity index is 889. The molecule has 1 amide bonds. The fraction of sp³-hybridized carbons (Fsp3) is 0.333. The highest BCUT2D eigenvalue weighted by atomic mass is 19.1. The van der Waals surface area contributed by atoms with Gasteiger partial charge in [-0.25, -0.2) is 4.39 Å². The molecule has 2 N–H and O–H groups in total. The summed E-state index contributed by atoms with van der Waals surface area (Å²) in [5, 5.41) is 19.1. The molecule has 3 heterocycles. The Morgan fingerprint density at radius 3 is 3.21 bits per heavy atom. The molecular weight excluding hydrogens is 315 g/mol. The molecule has 124 valence electrons. The van der Waals surface area contributed by atoms with Gasteiger partial charge in [-0.2, -0.15) is 20.1 Å². The fourth-order valence-electron chi connectivity index (χ4n) is 2.55. The van der Waals surface area contributed by atoms with Crippen molar-refractivity contribution in [2.45, 2.75) is 19.1 Å². The van der Waals surface area contributed by atoms with E-state index in [0.717, 1.165) is 10.9 Å². The number of aromatic amines is 1. The summed E-state index contributed by atoms with van der Waals surface area (Å²) < 4.78 is 19.3. The normalized spacial score (nSPS) is 18.7. The van der Waals surface area contributed by atoms with E-state index >= 15 is 0 Å². The number of fused-ring (bicyclic) bond motifs is 4. The van der Waals surface area contributed by atoms with Crippen LogP contribution in [0.15, 0.2) is 24.4 Å². The van der Waals surface area contributed by atoms with Crippen LogP contribution in [0.4, 0.5) is 4.39 Å². The van der Waals surface area contributed by atoms with E-state index in [9.17, 15) is 9.18 Å². The second-order valence-electron chi connectivity index (χ2n) is 5.57. The Kier molecular flexibility index (Phi) is 3.60. The summed E-state index contributed by atoms with van der Waals surface area (Å²) in [7, 11) is 0. The predicted molar refractivity (Wildman–Crippen MR) is 83.1 cm³/mol. The van der Waals surface area contributed by atoms with E-state index in [1.54, 1.807) is 18.3 Å². The first kappa shape index (κ1) is 14.6. The number of nitrogens with one attached hydrogen (secondary N) is 2. The maximum absolute atomic E-state index is 13.9. The van der Waals surface area contributed by atoms with Crippen LogP contribution in [0.1, 0.15) is 6.42 Å². The van der Waals surface area contributed by atoms with Crippen molar-refractivity contribution < 1.29 is 13.9 Å². The van der Waals surface area contributed by atoms with Crippen LogP contribution in [-0.4, -0.2) is 50.4 Å². The molecule has 9 heteroatoms. The first-order valence-electron chi connectivity index (χ1n) is 7.61. The van der Waals surface area contributed by atoms with Crippen molar-refractivity contribution in [2.75, 3.05) is 13.2 Å². The van der Waals surface area contributed by atoms with Crippen molar-refractivity contribution in [3.63, 3.8) is 0 Å². The van der Waals surface area contributed by atoms with Gasteiger partial charge in [0.15, 0.2) is 6.17 Å². The summed E-state index contributed by atoms with van der Waals surface area (Å²) >= 11 is 0. The van der Waals surface area contributed by atoms with Crippen molar-refractivity contribution in [1.82, 2.24) is 30.5 Å². The number of alkyl halides is 1. The molecule has 4 rings (SSSR count). The van der Waals surface area contributed by atoms with E-state index in [2.05, 4.69) is 25.7 Å². The zero-order valence-electron chi connectivity index (χ0n) is 12.7. The fourth-order valence-corrected chi connectivity index (χ4v) is 2.55. The second-order valence-corrected chi connectivity index (χ2v) is 5.57. The smallest absolute Gasteiger partial charge is 0.222 e. The second kappa shape index (κ2) is 5.91. The maximum Gasteiger partial charge on any atom is 0.222 e. The molecule has 3 aromatic rings. The number of carbonyl (C=O) groups is 1. The molecule has 0 fully saturated rings. The average molecular weight is 330 g/mol. The van der Waals surface area contributed by atoms with Crippen LogP contribution in [-0.2, 0) is 11.3 Å². The first-order valence-corrected chi connectivity index (χ1v) is 7.61. The molecule has 1 aromatic carbocycles. The van der Waals surface area contributed by atoms with E-state index in [4.69, 9.17) is 4.74 Å². The SMILES string of the molecule is O=C1CCn2ncc(n2)-c2n[nH]c3ccc(cc23)OC[C@H](F)CN1. The Balaban J connectivity index is 1.74. The number of aryl methyl sites for hydroxylation is 1. The lowest BCUT2D eigenvalue weighted by atomic mass is 10.1. The Morgan fingerprint density at radius 1 is 1.38 bits per heavy atom. The minimum Gasteiger partial charge on any atom is -0.490 e. The standard InChI is InChI=1S/C15H15FN6O2/c16-9-6-17-14(23)3-4-22-18-7-13(21-22)15-11-5-10(24-8-9)1-2-12(11)19-20-15/h1-2,5,7,9H,3-4,6,8H2,(H,17,23)(H,19,20)/t9-/m1/s1. The number of aromatic nitrogens is 5. The van der Waals surface area contributed by atoms with E-state index < -0.39 is 6.17 Å². The van der Waals surface area contributed by atoms with Crippen LogP contribution in [0.5, 0.6) is 5.75 Å². The highest BCUT2D eigenvalue weighted by Crippen LogP contribution is 2.28. The monoisotopic (exact) mass is 330 g/mol. The van der Waals surface area contributed by atoms with Crippen LogP contribution in [0.25, 0.3) is 22.3 Å². The molecule has 0 aliphatic carbocycles. The third kappa shape index (κ3) is 2.80. The average Bonchev–Trinajstić information content (AvgIpc) is 3.21. The van der Waals surface area contributed by atoms with Gasteiger partial charge in [-0.15, -0.1) is 0 Å². The summed E-state index contributed by atoms with van der Waals surface area (Å²) in [4.78, 5) is 13.2. The number of carbonyl (C=O) groups excluding carboxylic acids is 1. The van der Waals surface area contributed by atoms with Crippen LogP contribution in [0.3, 0.4) is 0 Å². The van der Waals surface area contributed by atoms with Gasteiger partial charge >= 0.3 is 0 Å². The van der Waals surface area contributed by atoms with Gasteiger partial charge in [-0.3, -0.25) is 9.89 Å². The summed E-state index contributed by atoms with van der Waals surface area (Å²) in [6, 6.07) is 5.35. The van der Waals surface area contributed by atoms with Gasteiger partial charge < -0.3 is 10.1 Å². The molecular formula is C15H15FN6O2. The van der Waals surface area contributed by atoms with Gasteiger partial charge in [0, 0.05) is 11.8 Å². The van der Waals surface area contributed by atoms with Gasteiger partial charge in [0.1, 0.15) is 23.7 Å². The summed E-state index contributed by atoms with van der Waals surface area (Å²) in [6.45, 7) is 0.0935. The zero-order chi connectivity index (χ0) is 16.5. The van der Waals surface area contributed by atoms with Crippen molar-refractivity contribution >= 4 is 16.8 Å². The summed E-state index contributed by atoms with van der Waals surface area (Å²) in [5.74, 6) is 0.274. The molecule has 1 atom stereocenters. The Morgan fingerprint density at radius 2 is 2.29 bits per heavy atom. The molecule has 0 saturated carbocycles. The molecule has 8 nitrogen and oxygen atoms in total. The quantitative estimate of drug-likeness (QED) is 0.642. The van der Waals surface area contributed by atoms with E-state index in [1.807, 2.05) is 6.07 Å². The van der Waals surface area contributed by atoms with Crippen LogP contribution >= 0.6 is 0 Å². The number of nitrogens with zero attached hydrogens (tertiary/aromatic N) is 4. The lowest BCUT2D eigenvalue weighted by Crippen LogP contribution is -2.33. The number of hydrogen-bond donors (Lipinski definition) is 2. The van der Waals surface area contributed by atoms with Crippen LogP contribution in [0, 0.1) is 0 Å². The summed E-state index contributed by atoms with van der Waals surface area (Å²) in [6.07, 6.45) is 0.489. The number of H-pyrrole nitrogens is 1. The number of hydrogen-bond acceptors (Lipinski definition) is 5. The van der Waals surface area contributed by atoms with E-state index in [0.29, 0.717) is 23.7 Å². The largest absolute Gasteiger partial charge is 0.490 e. The van der Waals surface area contributed by atoms with Gasteiger partial charge in [0.25, 0.3) is 0 Å². The molecule has 1 aliphatic rings. The summed E-state index contributed by atoms with van der Waals surface area (Å²) in [5.41, 5.74) is 2.06. The van der Waals surface area contributed by atoms with Gasteiger partial charge in [-0.05, 0) is 18.2 Å². The minimum absolute atomic E-state index is 0.0875. The first-order chi connectivity index (χ1) is 11.7. The predicted octanol–water partition coefficient (Wildman–Crippen LogP) is 1.06. The van der Waals surface area contributed by atoms with Gasteiger partial charge in [0.2, 0.25) is 5.91 Å². The van der Waals surface area contributed by atoms with Crippen molar-refractivity contribution in [3.05, 3.63) is 24.4 Å². The lowest BCUT2D eigenvalue weighted by Gasteiger charge is -2.11. The number of amides is 1. The zero-order valence-corrected chi connectivity index (χ0v) is 12.7. The lowest BCUT2D eigenvalue weighted by molar-refractivity contribution is -0.121. The number of ether oxygens (including phenoxy) is 1. The maximum atomic E-state index is 13.9. The minimum atomic E-state index is -1.28. The van der Waals surface area contributed by atoms with E-state index in [1.165, 1.54) is 4.80 Å². The Hall–Kier alpha value is -2.97. The molecule has 1 aliphatic heterocycles. The molecule has 2 aromatic heterocycles. The van der Waals surface area contributed by atoms with Crippen LogP contribution in [0.2, 0.25) is 0 Å². The molecule has 0 saturated heterocycles. The third-order valence-electron chi connectivity index (χ3n) is 3.80. The molecule has 0 radical (unpaired) electrons. The number of rotatable bonds is 0. The van der Waals surface area contributed by atoms with Crippen molar-refractivity contribution in [3.8, 4) is 17.1 Å². The highest BCUT2D eigenvalue weighted by molar-refractivity contribution is 5.92. The van der Waals surface area contributed by atoms with E-state index in [-0.39, 0.29) is 25.5 Å². The van der Waals surface area contributed by atoms with Gasteiger partial charge in [0.05, 0.1) is 24.8 Å². The van der Waals surface area contributed by atoms with Gasteiger partial charge in [-0.1, -0.05) is 0 Å². The third-order valence-corrected chi connectivity index (χ3v) is 3.80. The highest BCUT2D eigenvalue weighted by Gasteiger charge is 2.15. The van der Waals surface area contributed by atoms with Crippen LogP contribution < -0.4 is 10.1 Å². The molecule has 0 spiro atoms. The Labute approximate surface area is 136 Å². The molecule has 0 unspecified atom stereocenters. The number of benzene rings is 1.